The maximum Gasteiger partial charge on any atom is 0.276 e. The van der Waals surface area contributed by atoms with Crippen LogP contribution in [0.25, 0.3) is 16.7 Å². The molecule has 7 nitrogen and oxygen atoms in total. The number of carbonyl (C=O) groups excluding carboxylic acids is 1. The van der Waals surface area contributed by atoms with Crippen LogP contribution < -0.4 is 48.2 Å². The van der Waals surface area contributed by atoms with E-state index in [2.05, 4.69) is 53.4 Å². The lowest BCUT2D eigenvalue weighted by Crippen LogP contribution is -3.00. The van der Waals surface area contributed by atoms with E-state index in [1.165, 1.54) is 23.1 Å². The molecule has 0 N–H and O–H groups in total. The monoisotopic (exact) mass is 711 g/mol. The van der Waals surface area contributed by atoms with E-state index in [1.54, 1.807) is 21.2 Å². The minimum absolute atomic E-state index is 0. The first-order valence-corrected chi connectivity index (χ1v) is 15.6. The van der Waals surface area contributed by atoms with Crippen LogP contribution in [0.1, 0.15) is 33.6 Å². The minimum Gasteiger partial charge on any atom is -1.00 e. The van der Waals surface area contributed by atoms with Crippen molar-refractivity contribution in [3.63, 3.8) is 0 Å². The number of unbranched alkanes of at least 4 members (excludes halogenated alkanes) is 1. The van der Waals surface area contributed by atoms with E-state index in [4.69, 9.17) is 12.2 Å². The van der Waals surface area contributed by atoms with Crippen LogP contribution in [-0.4, -0.2) is 37.4 Å². The lowest BCUT2D eigenvalue weighted by molar-refractivity contribution is -0.658. The molecule has 0 unspecified atom stereocenters. The van der Waals surface area contributed by atoms with Crippen molar-refractivity contribution in [3.05, 3.63) is 67.3 Å². The van der Waals surface area contributed by atoms with Gasteiger partial charge < -0.3 is 24.0 Å². The zero-order valence-corrected chi connectivity index (χ0v) is 27.6. The normalized spacial score (nSPS) is 17.9. The number of rotatable bonds is 7. The van der Waals surface area contributed by atoms with E-state index in [-0.39, 0.29) is 35.4 Å². The maximum atomic E-state index is 13.3. The van der Waals surface area contributed by atoms with Crippen LogP contribution in [-0.2, 0) is 18.4 Å². The van der Waals surface area contributed by atoms with Crippen LogP contribution in [0.3, 0.4) is 0 Å². The van der Waals surface area contributed by atoms with Crippen molar-refractivity contribution in [2.75, 3.05) is 18.0 Å². The molecule has 0 radical (unpaired) electrons. The largest absolute Gasteiger partial charge is 1.00 e. The fourth-order valence-electron chi connectivity index (χ4n) is 4.57. The number of benzene rings is 1. The Hall–Kier alpha value is -1.87. The molecule has 3 aromatic rings. The Balaban J connectivity index is 0.00000353. The molecule has 2 aliphatic rings. The number of thioether (sulfide) groups is 2. The Bertz CT molecular complexity index is 1620. The summed E-state index contributed by atoms with van der Waals surface area (Å²) in [4.78, 5) is 31.0. The second kappa shape index (κ2) is 12.8. The van der Waals surface area contributed by atoms with Gasteiger partial charge in [-0.15, -0.1) is 11.3 Å². The topological polar surface area (TPSA) is 54.4 Å². The Morgan fingerprint density at radius 3 is 2.41 bits per heavy atom. The summed E-state index contributed by atoms with van der Waals surface area (Å²) in [6.07, 6.45) is 7.90. The minimum atomic E-state index is -0.0915. The molecule has 2 aliphatic heterocycles. The van der Waals surface area contributed by atoms with Crippen molar-refractivity contribution >= 4 is 74.1 Å². The van der Waals surface area contributed by atoms with Crippen molar-refractivity contribution in [1.29, 1.82) is 0 Å². The zero-order chi connectivity index (χ0) is 27.0. The number of nitrogens with zero attached hydrogens (tertiary/aromatic N) is 5. The highest BCUT2D eigenvalue weighted by Gasteiger charge is 2.38. The number of hydrogen-bond donors (Lipinski definition) is 0. The van der Waals surface area contributed by atoms with Crippen LogP contribution in [0.15, 0.2) is 57.6 Å². The van der Waals surface area contributed by atoms with Crippen molar-refractivity contribution in [2.24, 2.45) is 7.05 Å². The van der Waals surface area contributed by atoms with Gasteiger partial charge in [0.1, 0.15) is 24.6 Å². The third-order valence-electron chi connectivity index (χ3n) is 6.49. The molecule has 0 aliphatic carbocycles. The number of anilines is 1. The third kappa shape index (κ3) is 5.54. The Kier molecular flexibility index (Phi) is 9.84. The summed E-state index contributed by atoms with van der Waals surface area (Å²) in [5.41, 5.74) is 1.03. The zero-order valence-electron chi connectivity index (χ0n) is 22.2. The first kappa shape index (κ1) is 30.1. The molecule has 0 spiro atoms. The van der Waals surface area contributed by atoms with Crippen LogP contribution in [0.4, 0.5) is 5.82 Å². The predicted molar refractivity (Wildman–Crippen MR) is 162 cm³/mol. The molecule has 1 saturated heterocycles. The van der Waals surface area contributed by atoms with Crippen LogP contribution in [0.5, 0.6) is 0 Å². The number of hydrogen-bond acceptors (Lipinski definition) is 7. The van der Waals surface area contributed by atoms with E-state index in [9.17, 15) is 9.59 Å². The highest BCUT2D eigenvalue weighted by Crippen LogP contribution is 2.45. The van der Waals surface area contributed by atoms with Gasteiger partial charge >= 0.3 is 0 Å². The standard InChI is InChI=1S/C27H30N5O2S4.HI/c1-5-8-16-31-24(34)21(38-27(31)35)25-30(7-3)23(33)19(36-25)14-15-20-29(6-2)22-26(37-20)32(17-28(22)4)18-12-10-9-11-13-18;/h9-15,17H,5-8,16H2,1-4H3;1H/q+1;/p-1. The molecule has 0 atom stereocenters. The second-order valence-corrected chi connectivity index (χ2v) is 12.6. The predicted octanol–water partition coefficient (Wildman–Crippen LogP) is 0.572. The van der Waals surface area contributed by atoms with Crippen LogP contribution in [0.2, 0.25) is 0 Å². The lowest BCUT2D eigenvalue weighted by atomic mass is 10.3. The molecule has 12 heteroatoms. The summed E-state index contributed by atoms with van der Waals surface area (Å²) in [5, 5.41) is 2.20. The Morgan fingerprint density at radius 1 is 1.00 bits per heavy atom. The smallest absolute Gasteiger partial charge is 0.276 e. The van der Waals surface area contributed by atoms with Crippen molar-refractivity contribution < 1.29 is 33.3 Å². The first-order chi connectivity index (χ1) is 18.4. The van der Waals surface area contributed by atoms with E-state index < -0.39 is 0 Å². The van der Waals surface area contributed by atoms with Crippen LogP contribution >= 0.6 is 47.1 Å². The lowest BCUT2D eigenvalue weighted by Gasteiger charge is -2.12. The number of allylic oxidation sites excluding steroid dienone is 1. The number of aryl methyl sites for hydroxylation is 1. The number of fused-ring (bicyclic) bond motifs is 1. The van der Waals surface area contributed by atoms with Gasteiger partial charge in [0.25, 0.3) is 17.3 Å². The summed E-state index contributed by atoms with van der Waals surface area (Å²) < 4.78 is 7.90. The Labute approximate surface area is 262 Å². The number of carbonyl (C=O) groups is 1. The number of thiazole rings is 1. The van der Waals surface area contributed by atoms with E-state index in [1.807, 2.05) is 37.3 Å². The number of para-hydroxylation sites is 1. The molecule has 39 heavy (non-hydrogen) atoms. The SMILES string of the molecule is CCCCN1C(=O)C(=c2sc(=CC=C3Sc4c([n+](C)cn4-c4ccccc4)N3CC)c(=O)n2CC)SC1=S.[I-]. The van der Waals surface area contributed by atoms with Crippen LogP contribution in [0, 0.1) is 0 Å². The fraction of sp³-hybridized carbons (Fsp3) is 0.333. The molecule has 5 rings (SSSR count). The highest BCUT2D eigenvalue weighted by atomic mass is 127. The number of amides is 1. The van der Waals surface area contributed by atoms with E-state index >= 15 is 0 Å². The number of imidazole rings is 1. The van der Waals surface area contributed by atoms with Gasteiger partial charge in [0.2, 0.25) is 5.03 Å². The maximum absolute atomic E-state index is 13.3. The van der Waals surface area contributed by atoms with Crippen molar-refractivity contribution in [2.45, 2.75) is 45.2 Å². The van der Waals surface area contributed by atoms with Gasteiger partial charge in [0.05, 0.1) is 18.1 Å². The number of thiocarbonyl (C=S) groups is 1. The second-order valence-electron chi connectivity index (χ2n) is 8.91. The summed E-state index contributed by atoms with van der Waals surface area (Å²) in [5.74, 6) is 1.04. The Morgan fingerprint density at radius 2 is 1.74 bits per heavy atom. The molecule has 0 saturated carbocycles. The van der Waals surface area contributed by atoms with Gasteiger partial charge in [-0.05, 0) is 56.3 Å². The molecule has 2 aromatic heterocycles. The van der Waals surface area contributed by atoms with Crippen molar-refractivity contribution in [1.82, 2.24) is 14.0 Å². The number of halogens is 1. The van der Waals surface area contributed by atoms with Gasteiger partial charge in [0, 0.05) is 13.1 Å². The summed E-state index contributed by atoms with van der Waals surface area (Å²) in [7, 11) is 2.06. The summed E-state index contributed by atoms with van der Waals surface area (Å²) >= 11 is 9.86. The molecule has 1 fully saturated rings. The van der Waals surface area contributed by atoms with E-state index in [0.29, 0.717) is 31.5 Å². The van der Waals surface area contributed by atoms with Gasteiger partial charge in [0.15, 0.2) is 6.33 Å². The molecular weight excluding hydrogens is 682 g/mol. The first-order valence-electron chi connectivity index (χ1n) is 12.7. The molecule has 206 valence electrons. The molecule has 1 amide bonds. The van der Waals surface area contributed by atoms with Gasteiger partial charge in [-0.1, -0.05) is 55.5 Å². The third-order valence-corrected chi connectivity index (χ3v) is 10.3. The van der Waals surface area contributed by atoms with Gasteiger partial charge in [-0.3, -0.25) is 24.0 Å². The highest BCUT2D eigenvalue weighted by molar-refractivity contribution is 8.30. The fourth-order valence-corrected chi connectivity index (χ4v) is 8.40. The quantitative estimate of drug-likeness (QED) is 0.203. The van der Waals surface area contributed by atoms with E-state index in [0.717, 1.165) is 40.9 Å². The average molecular weight is 712 g/mol. The van der Waals surface area contributed by atoms with Gasteiger partial charge in [-0.2, -0.15) is 0 Å². The van der Waals surface area contributed by atoms with Crippen molar-refractivity contribution in [3.8, 4) is 5.69 Å². The summed E-state index contributed by atoms with van der Waals surface area (Å²) in [6.45, 7) is 8.06. The van der Waals surface area contributed by atoms with Gasteiger partial charge in [-0.25, -0.2) is 9.13 Å². The molecule has 4 heterocycles. The summed E-state index contributed by atoms with van der Waals surface area (Å²) in [6, 6.07) is 10.3. The number of aromatic nitrogens is 3. The average Bonchev–Trinajstić information content (AvgIpc) is 3.62. The molecule has 1 aromatic carbocycles. The molecule has 0 bridgehead atoms. The molecular formula is C27H30IN5O2S4.